The fourth-order valence-electron chi connectivity index (χ4n) is 9.68. The van der Waals surface area contributed by atoms with E-state index in [1.165, 1.54) is 148 Å². The highest BCUT2D eigenvalue weighted by atomic mass is 31.2. The normalized spacial score (nSPS) is 13.9. The lowest BCUT2D eigenvalue weighted by atomic mass is 10.0. The zero-order valence-corrected chi connectivity index (χ0v) is 58.3. The second-order valence-electron chi connectivity index (χ2n) is 24.9. The van der Waals surface area contributed by atoms with E-state index in [-0.39, 0.29) is 32.0 Å². The van der Waals surface area contributed by atoms with Gasteiger partial charge >= 0.3 is 11.9 Å². The van der Waals surface area contributed by atoms with Gasteiger partial charge in [0.25, 0.3) is 7.82 Å². The van der Waals surface area contributed by atoms with Gasteiger partial charge in [0.05, 0.1) is 27.7 Å². The van der Waals surface area contributed by atoms with Crippen molar-refractivity contribution in [1.82, 2.24) is 0 Å². The summed E-state index contributed by atoms with van der Waals surface area (Å²) in [5, 5.41) is 0. The molecule has 0 saturated carbocycles. The number of ether oxygens (including phenoxy) is 2. The summed E-state index contributed by atoms with van der Waals surface area (Å²) in [6.45, 7) is 4.12. The summed E-state index contributed by atoms with van der Waals surface area (Å²) in [6, 6.07) is 0. The third-order valence-electron chi connectivity index (χ3n) is 15.2. The van der Waals surface area contributed by atoms with Crippen molar-refractivity contribution in [3.8, 4) is 0 Å². The molecule has 0 amide bonds. The van der Waals surface area contributed by atoms with Crippen LogP contribution in [-0.4, -0.2) is 70.0 Å². The number of allylic oxidation sites excluding steroid dienone is 22. The zero-order valence-electron chi connectivity index (χ0n) is 57.4. The van der Waals surface area contributed by atoms with Crippen molar-refractivity contribution in [3.63, 3.8) is 0 Å². The minimum Gasteiger partial charge on any atom is -0.756 e. The highest BCUT2D eigenvalue weighted by Gasteiger charge is 2.22. The molecule has 0 N–H and O–H groups in total. The third kappa shape index (κ3) is 71.2. The monoisotopic (exact) mass is 1240 g/mol. The summed E-state index contributed by atoms with van der Waals surface area (Å²) >= 11 is 0. The van der Waals surface area contributed by atoms with Crippen LogP contribution in [0.1, 0.15) is 296 Å². The van der Waals surface area contributed by atoms with E-state index in [2.05, 4.69) is 148 Å². The van der Waals surface area contributed by atoms with Gasteiger partial charge in [0.1, 0.15) is 19.8 Å². The van der Waals surface area contributed by atoms with E-state index in [0.717, 1.165) is 116 Å². The first-order valence-corrected chi connectivity index (χ1v) is 37.4. The number of phosphoric acid groups is 1. The molecule has 2 atom stereocenters. The fourth-order valence-corrected chi connectivity index (χ4v) is 10.4. The lowest BCUT2D eigenvalue weighted by Crippen LogP contribution is -2.37. The first-order valence-electron chi connectivity index (χ1n) is 35.9. The molecule has 0 aromatic rings. The molecule has 0 rings (SSSR count). The molecular formula is C78H134NO8P. The third-order valence-corrected chi connectivity index (χ3v) is 16.1. The Morgan fingerprint density at radius 3 is 0.966 bits per heavy atom. The molecule has 0 fully saturated rings. The molecule has 10 heteroatoms. The molecule has 504 valence electrons. The van der Waals surface area contributed by atoms with Crippen LogP contribution in [0.2, 0.25) is 0 Å². The number of quaternary nitrogens is 1. The molecule has 0 aromatic heterocycles. The van der Waals surface area contributed by atoms with Crippen LogP contribution in [-0.2, 0) is 32.7 Å². The predicted octanol–water partition coefficient (Wildman–Crippen LogP) is 23.0. The Balaban J connectivity index is 4.03. The topological polar surface area (TPSA) is 111 Å². The highest BCUT2D eigenvalue weighted by Crippen LogP contribution is 2.38. The van der Waals surface area contributed by atoms with Gasteiger partial charge in [-0.15, -0.1) is 0 Å². The maximum atomic E-state index is 12.9. The standard InChI is InChI=1S/C78H134NO8P/c1-6-8-10-12-14-16-18-20-22-24-26-28-30-31-32-33-34-35-36-37-38-39-40-41-42-43-44-45-46-47-49-51-53-55-57-59-61-63-65-67-69-71-78(81)87-76(75-86-88(82,83)85-73-72-79(3,4)5)74-84-77(80)70-68-66-64-62-60-58-56-54-52-50-48-29-27-25-23-21-19-17-15-13-11-9-7-2/h8,10,14,16,19-22,25-28,31-32,34-35,37-38,40-41,48,50,76H,6-7,9,11-13,15,17-18,23-24,29-30,33,36,39,42-47,49,51-75H2,1-5H3/b10-8-,16-14-,21-19-,22-20-,27-25-,28-26-,32-31-,35-34-,38-37-,41-40-,50-48-. The Morgan fingerprint density at radius 1 is 0.364 bits per heavy atom. The van der Waals surface area contributed by atoms with Crippen LogP contribution in [0.25, 0.3) is 0 Å². The molecule has 0 aliphatic heterocycles. The molecule has 0 spiro atoms. The minimum absolute atomic E-state index is 0.0365. The second kappa shape index (κ2) is 67.5. The lowest BCUT2D eigenvalue weighted by Gasteiger charge is -2.28. The molecule has 0 aromatic carbocycles. The van der Waals surface area contributed by atoms with E-state index in [1.54, 1.807) is 0 Å². The van der Waals surface area contributed by atoms with Crippen LogP contribution in [0.15, 0.2) is 134 Å². The largest absolute Gasteiger partial charge is 0.756 e. The van der Waals surface area contributed by atoms with Gasteiger partial charge in [0.2, 0.25) is 0 Å². The van der Waals surface area contributed by atoms with Gasteiger partial charge in [-0.1, -0.05) is 302 Å². The van der Waals surface area contributed by atoms with E-state index in [9.17, 15) is 19.0 Å². The van der Waals surface area contributed by atoms with Gasteiger partial charge < -0.3 is 27.9 Å². The van der Waals surface area contributed by atoms with Crippen LogP contribution in [0, 0.1) is 0 Å². The van der Waals surface area contributed by atoms with E-state index < -0.39 is 26.5 Å². The fraction of sp³-hybridized carbons (Fsp3) is 0.692. The van der Waals surface area contributed by atoms with Crippen molar-refractivity contribution in [2.24, 2.45) is 0 Å². The molecule has 0 aliphatic rings. The van der Waals surface area contributed by atoms with E-state index >= 15 is 0 Å². The summed E-state index contributed by atoms with van der Waals surface area (Å²) in [5.74, 6) is -0.839. The predicted molar refractivity (Wildman–Crippen MR) is 378 cm³/mol. The number of unbranched alkanes of at least 4 members (excludes halogenated alkanes) is 29. The van der Waals surface area contributed by atoms with Crippen LogP contribution in [0.3, 0.4) is 0 Å². The molecule has 0 saturated heterocycles. The number of carbonyl (C=O) groups excluding carboxylic acids is 2. The number of hydrogen-bond donors (Lipinski definition) is 0. The summed E-state index contributed by atoms with van der Waals surface area (Å²) in [7, 11) is 1.16. The molecule has 2 unspecified atom stereocenters. The van der Waals surface area contributed by atoms with E-state index in [1.807, 2.05) is 21.1 Å². The van der Waals surface area contributed by atoms with Gasteiger partial charge in [-0.25, -0.2) is 0 Å². The van der Waals surface area contributed by atoms with E-state index in [4.69, 9.17) is 18.5 Å². The van der Waals surface area contributed by atoms with Crippen LogP contribution in [0.5, 0.6) is 0 Å². The van der Waals surface area contributed by atoms with Gasteiger partial charge in [-0.3, -0.25) is 14.2 Å². The van der Waals surface area contributed by atoms with Crippen LogP contribution < -0.4 is 4.89 Å². The van der Waals surface area contributed by atoms with Crippen molar-refractivity contribution in [2.45, 2.75) is 302 Å². The van der Waals surface area contributed by atoms with Crippen LogP contribution >= 0.6 is 7.82 Å². The molecule has 9 nitrogen and oxygen atoms in total. The van der Waals surface area contributed by atoms with Crippen molar-refractivity contribution in [2.75, 3.05) is 47.5 Å². The molecule has 0 heterocycles. The number of carbonyl (C=O) groups is 2. The number of rotatable bonds is 65. The Bertz CT molecular complexity index is 1950. The number of nitrogens with zero attached hydrogens (tertiary/aromatic N) is 1. The minimum atomic E-state index is -4.65. The van der Waals surface area contributed by atoms with Crippen molar-refractivity contribution < 1.29 is 42.1 Å². The van der Waals surface area contributed by atoms with E-state index in [0.29, 0.717) is 17.4 Å². The van der Waals surface area contributed by atoms with Crippen molar-refractivity contribution in [1.29, 1.82) is 0 Å². The Hall–Kier alpha value is -3.85. The maximum absolute atomic E-state index is 12.9. The summed E-state index contributed by atoms with van der Waals surface area (Å²) < 4.78 is 34.3. The van der Waals surface area contributed by atoms with Crippen molar-refractivity contribution in [3.05, 3.63) is 134 Å². The molecule has 0 bridgehead atoms. The van der Waals surface area contributed by atoms with Gasteiger partial charge in [-0.05, 0) is 116 Å². The molecule has 88 heavy (non-hydrogen) atoms. The van der Waals surface area contributed by atoms with Gasteiger partial charge in [-0.2, -0.15) is 0 Å². The second-order valence-corrected chi connectivity index (χ2v) is 26.3. The summed E-state index contributed by atoms with van der Waals surface area (Å²) in [5.41, 5.74) is 0. The number of esters is 2. The zero-order chi connectivity index (χ0) is 64.1. The Kier molecular flexibility index (Phi) is 64.6. The Labute approximate surface area is 542 Å². The smallest absolute Gasteiger partial charge is 0.306 e. The molecular weight excluding hydrogens is 1110 g/mol. The summed E-state index contributed by atoms with van der Waals surface area (Å²) in [4.78, 5) is 38.1. The summed E-state index contributed by atoms with van der Waals surface area (Å²) in [6.07, 6.45) is 98.2. The quantitative estimate of drug-likeness (QED) is 0.0195. The van der Waals surface area contributed by atoms with Crippen molar-refractivity contribution >= 4 is 19.8 Å². The average Bonchev–Trinajstić information content (AvgIpc) is 3.58. The molecule has 0 aliphatic carbocycles. The maximum Gasteiger partial charge on any atom is 0.306 e. The SMILES string of the molecule is CC/C=C\C/C=C\C/C=C\C/C=C\C/C=C\C/C=C\C/C=C\C/C=C\CCCCCCCCCCCCCCCCCCC(=O)OC(COC(=O)CCCCCCCCCC/C=C\C/C=C\C/C=C\CCCCCCC)COP(=O)([O-])OCC[N+](C)(C)C. The first kappa shape index (κ1) is 84.2. The highest BCUT2D eigenvalue weighted by molar-refractivity contribution is 7.45. The number of hydrogen-bond acceptors (Lipinski definition) is 8. The van der Waals surface area contributed by atoms with Crippen LogP contribution in [0.4, 0.5) is 0 Å². The molecule has 0 radical (unpaired) electrons. The van der Waals surface area contributed by atoms with Gasteiger partial charge in [0, 0.05) is 12.8 Å². The van der Waals surface area contributed by atoms with Gasteiger partial charge in [0.15, 0.2) is 6.10 Å². The number of phosphoric ester groups is 1. The lowest BCUT2D eigenvalue weighted by molar-refractivity contribution is -0.870. The Morgan fingerprint density at radius 2 is 0.648 bits per heavy atom. The average molecular weight is 1240 g/mol. The first-order chi connectivity index (χ1) is 43.0. The number of likely N-dealkylation sites (N-methyl/N-ethyl adjacent to an activating group) is 1.